The van der Waals surface area contributed by atoms with Gasteiger partial charge in [-0.25, -0.2) is 4.79 Å². The molecule has 3 aromatic heterocycles. The van der Waals surface area contributed by atoms with Crippen LogP contribution in [0.5, 0.6) is 0 Å². The third kappa shape index (κ3) is 6.38. The second-order valence-electron chi connectivity index (χ2n) is 7.55. The number of carbonyl (C=O) groups is 3. The molecular weight excluding hydrogens is 432 g/mol. The Morgan fingerprint density at radius 2 is 1.88 bits per heavy atom. The van der Waals surface area contributed by atoms with Crippen molar-refractivity contribution in [2.24, 2.45) is 0 Å². The van der Waals surface area contributed by atoms with Crippen LogP contribution in [0, 0.1) is 0 Å². The minimum atomic E-state index is -1.30. The van der Waals surface area contributed by atoms with Gasteiger partial charge in [-0.3, -0.25) is 24.4 Å². The van der Waals surface area contributed by atoms with Gasteiger partial charge in [-0.05, 0) is 50.3 Å². The molecule has 0 radical (unpaired) electrons. The lowest BCUT2D eigenvalue weighted by Gasteiger charge is -2.13. The summed E-state index contributed by atoms with van der Waals surface area (Å²) in [5.74, 6) is -3.01. The molecule has 3 heterocycles. The average Bonchev–Trinajstić information content (AvgIpc) is 3.17. The van der Waals surface area contributed by atoms with Crippen LogP contribution in [-0.4, -0.2) is 54.0 Å². The molecule has 12 nitrogen and oxygen atoms in total. The topological polar surface area (TPSA) is 204 Å². The van der Waals surface area contributed by atoms with Crippen molar-refractivity contribution in [3.05, 3.63) is 51.7 Å². The van der Waals surface area contributed by atoms with Gasteiger partial charge in [-0.15, -0.1) is 0 Å². The highest BCUT2D eigenvalue weighted by molar-refractivity contribution is 5.96. The molecule has 33 heavy (non-hydrogen) atoms. The van der Waals surface area contributed by atoms with Gasteiger partial charge in [0.05, 0.1) is 10.9 Å². The van der Waals surface area contributed by atoms with Crippen LogP contribution in [0.15, 0.2) is 29.2 Å². The molecule has 0 spiro atoms. The van der Waals surface area contributed by atoms with Gasteiger partial charge in [-0.1, -0.05) is 0 Å². The maximum absolute atomic E-state index is 12.2. The Labute approximate surface area is 187 Å². The van der Waals surface area contributed by atoms with Crippen LogP contribution in [0.3, 0.4) is 0 Å². The maximum atomic E-state index is 12.2. The lowest BCUT2D eigenvalue weighted by atomic mass is 10.1. The first kappa shape index (κ1) is 23.4. The molecule has 0 aliphatic heterocycles. The van der Waals surface area contributed by atoms with Gasteiger partial charge < -0.3 is 26.2 Å². The molecule has 0 saturated heterocycles. The van der Waals surface area contributed by atoms with Crippen LogP contribution in [0.4, 0.5) is 5.95 Å². The van der Waals surface area contributed by atoms with E-state index < -0.39 is 23.9 Å². The summed E-state index contributed by atoms with van der Waals surface area (Å²) in [4.78, 5) is 59.8. The Kier molecular flexibility index (Phi) is 7.38. The van der Waals surface area contributed by atoms with Gasteiger partial charge >= 0.3 is 11.9 Å². The van der Waals surface area contributed by atoms with E-state index in [-0.39, 0.29) is 29.9 Å². The van der Waals surface area contributed by atoms with Crippen molar-refractivity contribution >= 4 is 34.8 Å². The molecule has 0 aliphatic carbocycles. The summed E-state index contributed by atoms with van der Waals surface area (Å²) in [5, 5.41) is 20.6. The van der Waals surface area contributed by atoms with E-state index in [0.717, 1.165) is 24.2 Å². The molecule has 3 aromatic rings. The van der Waals surface area contributed by atoms with Gasteiger partial charge in [0, 0.05) is 24.0 Å². The Bertz CT molecular complexity index is 1220. The second-order valence-corrected chi connectivity index (χ2v) is 7.55. The van der Waals surface area contributed by atoms with Gasteiger partial charge in [0.15, 0.2) is 0 Å². The average molecular weight is 456 g/mol. The van der Waals surface area contributed by atoms with E-state index in [1.165, 1.54) is 6.20 Å². The molecule has 7 N–H and O–H groups in total. The highest BCUT2D eigenvalue weighted by Crippen LogP contribution is 2.13. The number of aromatic nitrogens is 4. The second kappa shape index (κ2) is 10.4. The van der Waals surface area contributed by atoms with Crippen molar-refractivity contribution in [3.63, 3.8) is 0 Å². The SMILES string of the molecule is Nc1nc2[nH]c(CCCCc3ccc(C(=O)NC(CCC(=O)O)C(=O)O)cn3)cc2c(=O)[nH]1. The van der Waals surface area contributed by atoms with Crippen molar-refractivity contribution in [2.75, 3.05) is 5.73 Å². The molecule has 1 amide bonds. The third-order valence-electron chi connectivity index (χ3n) is 5.04. The fraction of sp³-hybridized carbons (Fsp3) is 0.333. The number of rotatable bonds is 11. The summed E-state index contributed by atoms with van der Waals surface area (Å²) < 4.78 is 0. The largest absolute Gasteiger partial charge is 0.481 e. The molecule has 0 aromatic carbocycles. The highest BCUT2D eigenvalue weighted by atomic mass is 16.4. The monoisotopic (exact) mass is 456 g/mol. The van der Waals surface area contributed by atoms with Gasteiger partial charge in [0.25, 0.3) is 11.5 Å². The normalized spacial score (nSPS) is 11.9. The van der Waals surface area contributed by atoms with E-state index in [1.54, 1.807) is 18.2 Å². The number of carbonyl (C=O) groups excluding carboxylic acids is 1. The van der Waals surface area contributed by atoms with E-state index in [9.17, 15) is 19.2 Å². The first-order valence-corrected chi connectivity index (χ1v) is 10.3. The molecule has 1 unspecified atom stereocenters. The minimum absolute atomic E-state index is 0.0582. The zero-order valence-corrected chi connectivity index (χ0v) is 17.6. The summed E-state index contributed by atoms with van der Waals surface area (Å²) in [6.07, 6.45) is 3.81. The van der Waals surface area contributed by atoms with Crippen LogP contribution in [0.1, 0.15) is 47.4 Å². The smallest absolute Gasteiger partial charge is 0.326 e. The molecule has 0 bridgehead atoms. The van der Waals surface area contributed by atoms with Crippen molar-refractivity contribution in [1.29, 1.82) is 0 Å². The summed E-state index contributed by atoms with van der Waals surface area (Å²) in [6, 6.07) is 3.71. The predicted octanol–water partition coefficient (Wildman–Crippen LogP) is 0.842. The summed E-state index contributed by atoms with van der Waals surface area (Å²) >= 11 is 0. The van der Waals surface area contributed by atoms with E-state index in [2.05, 4.69) is 25.3 Å². The predicted molar refractivity (Wildman–Crippen MR) is 118 cm³/mol. The Morgan fingerprint density at radius 1 is 1.12 bits per heavy atom. The number of nitrogens with two attached hydrogens (primary N) is 1. The van der Waals surface area contributed by atoms with E-state index in [4.69, 9.17) is 15.9 Å². The highest BCUT2D eigenvalue weighted by Gasteiger charge is 2.21. The van der Waals surface area contributed by atoms with Crippen molar-refractivity contribution in [2.45, 2.75) is 44.6 Å². The summed E-state index contributed by atoms with van der Waals surface area (Å²) in [5.41, 5.74) is 7.55. The first-order valence-electron chi connectivity index (χ1n) is 10.3. The van der Waals surface area contributed by atoms with Crippen LogP contribution in [0.2, 0.25) is 0 Å². The number of aryl methyl sites for hydroxylation is 2. The first-order chi connectivity index (χ1) is 15.7. The third-order valence-corrected chi connectivity index (χ3v) is 5.04. The number of aliphatic carboxylic acids is 2. The summed E-state index contributed by atoms with van der Waals surface area (Å²) in [7, 11) is 0. The lowest BCUT2D eigenvalue weighted by Crippen LogP contribution is -2.41. The van der Waals surface area contributed by atoms with E-state index in [1.807, 2.05) is 0 Å². The van der Waals surface area contributed by atoms with Crippen LogP contribution in [0.25, 0.3) is 11.0 Å². The van der Waals surface area contributed by atoms with E-state index in [0.29, 0.717) is 23.9 Å². The molecule has 12 heteroatoms. The molecular formula is C21H24N6O6. The van der Waals surface area contributed by atoms with Gasteiger partial charge in [0.1, 0.15) is 11.7 Å². The van der Waals surface area contributed by atoms with Crippen LogP contribution >= 0.6 is 0 Å². The molecule has 0 fully saturated rings. The lowest BCUT2D eigenvalue weighted by molar-refractivity contribution is -0.140. The Balaban J connectivity index is 1.48. The molecule has 3 rings (SSSR count). The number of nitrogen functional groups attached to an aromatic ring is 1. The molecule has 1 atom stereocenters. The zero-order chi connectivity index (χ0) is 24.0. The number of amides is 1. The van der Waals surface area contributed by atoms with Gasteiger partial charge in [-0.2, -0.15) is 4.98 Å². The minimum Gasteiger partial charge on any atom is -0.481 e. The van der Waals surface area contributed by atoms with Gasteiger partial charge in [0.2, 0.25) is 5.95 Å². The number of unbranched alkanes of at least 4 members (excludes halogenated alkanes) is 1. The number of carboxylic acid groups (broad SMARTS) is 2. The quantitative estimate of drug-likeness (QED) is 0.226. The number of pyridine rings is 1. The number of H-pyrrole nitrogens is 2. The van der Waals surface area contributed by atoms with E-state index >= 15 is 0 Å². The molecule has 0 aliphatic rings. The number of carboxylic acids is 2. The zero-order valence-electron chi connectivity index (χ0n) is 17.6. The molecule has 0 saturated carbocycles. The fourth-order valence-corrected chi connectivity index (χ4v) is 3.32. The number of hydrogen-bond acceptors (Lipinski definition) is 7. The van der Waals surface area contributed by atoms with Crippen molar-refractivity contribution < 1.29 is 24.6 Å². The van der Waals surface area contributed by atoms with Crippen LogP contribution in [-0.2, 0) is 22.4 Å². The maximum Gasteiger partial charge on any atom is 0.326 e. The van der Waals surface area contributed by atoms with Crippen molar-refractivity contribution in [1.82, 2.24) is 25.3 Å². The number of nitrogens with one attached hydrogen (secondary N) is 3. The summed E-state index contributed by atoms with van der Waals surface area (Å²) in [6.45, 7) is 0. The number of aromatic amines is 2. The Morgan fingerprint density at radius 3 is 2.55 bits per heavy atom. The molecule has 174 valence electrons. The standard InChI is InChI=1S/C21H24N6O6/c22-21-26-17-14(19(31)27-21)9-13(24-17)4-2-1-3-12-6-5-11(10-23-12)18(30)25-15(20(32)33)7-8-16(28)29/h5-6,9-10,15H,1-4,7-8H2,(H,25,30)(H,28,29)(H,32,33)(H4,22,24,26,27,31). The van der Waals surface area contributed by atoms with Crippen molar-refractivity contribution in [3.8, 4) is 0 Å². The van der Waals surface area contributed by atoms with Crippen LogP contribution < -0.4 is 16.6 Å². The Hall–Kier alpha value is -4.22. The number of nitrogens with zero attached hydrogens (tertiary/aromatic N) is 2. The number of fused-ring (bicyclic) bond motifs is 1. The number of hydrogen-bond donors (Lipinski definition) is 6. The number of anilines is 1. The fourth-order valence-electron chi connectivity index (χ4n) is 3.32.